The number of hydrogen-bond acceptors (Lipinski definition) is 6. The van der Waals surface area contributed by atoms with Gasteiger partial charge >= 0.3 is 11.9 Å². The molecule has 0 amide bonds. The third-order valence-electron chi connectivity index (χ3n) is 5.33. The zero-order chi connectivity index (χ0) is 22.5. The van der Waals surface area contributed by atoms with E-state index in [0.29, 0.717) is 17.7 Å². The molecule has 1 aromatic heterocycles. The van der Waals surface area contributed by atoms with Crippen molar-refractivity contribution in [2.75, 3.05) is 14.2 Å². The smallest absolute Gasteiger partial charge is 0.336 e. The quantitative estimate of drug-likeness (QED) is 0.531. The summed E-state index contributed by atoms with van der Waals surface area (Å²) in [7, 11) is 2.66. The van der Waals surface area contributed by atoms with E-state index >= 15 is 0 Å². The predicted molar refractivity (Wildman–Crippen MR) is 119 cm³/mol. The van der Waals surface area contributed by atoms with Gasteiger partial charge in [-0.05, 0) is 23.3 Å². The Morgan fingerprint density at radius 3 is 2.00 bits per heavy atom. The number of ether oxygens (including phenoxy) is 2. The Morgan fingerprint density at radius 2 is 1.47 bits per heavy atom. The van der Waals surface area contributed by atoms with Crippen LogP contribution >= 0.6 is 0 Å². The lowest BCUT2D eigenvalue weighted by molar-refractivity contribution is -0.137. The van der Waals surface area contributed by atoms with Crippen molar-refractivity contribution >= 4 is 11.9 Å². The van der Waals surface area contributed by atoms with Crippen LogP contribution < -0.4 is 0 Å². The van der Waals surface area contributed by atoms with Crippen LogP contribution in [0.3, 0.4) is 0 Å². The van der Waals surface area contributed by atoms with E-state index in [1.165, 1.54) is 14.2 Å². The van der Waals surface area contributed by atoms with Crippen LogP contribution in [0.25, 0.3) is 11.3 Å². The van der Waals surface area contributed by atoms with E-state index in [0.717, 1.165) is 22.5 Å². The van der Waals surface area contributed by atoms with Gasteiger partial charge < -0.3 is 18.8 Å². The first-order chi connectivity index (χ1) is 15.6. The van der Waals surface area contributed by atoms with Gasteiger partial charge in [0, 0.05) is 24.5 Å². The van der Waals surface area contributed by atoms with Gasteiger partial charge in [-0.15, -0.1) is 0 Å². The summed E-state index contributed by atoms with van der Waals surface area (Å²) in [6.07, 6.45) is 5.08. The van der Waals surface area contributed by atoms with Crippen LogP contribution in [0.2, 0.25) is 0 Å². The van der Waals surface area contributed by atoms with Gasteiger partial charge in [0.15, 0.2) is 0 Å². The number of esters is 2. The van der Waals surface area contributed by atoms with E-state index in [1.807, 2.05) is 71.6 Å². The number of rotatable bonds is 6. The highest BCUT2D eigenvalue weighted by Crippen LogP contribution is 2.38. The summed E-state index contributed by atoms with van der Waals surface area (Å²) in [5.74, 6) is -0.885. The number of furan rings is 1. The topological polar surface area (TPSA) is 69.0 Å². The summed E-state index contributed by atoms with van der Waals surface area (Å²) >= 11 is 0. The fourth-order valence-electron chi connectivity index (χ4n) is 3.82. The Bertz CT molecular complexity index is 1110. The highest BCUT2D eigenvalue weighted by atomic mass is 16.5. The van der Waals surface area contributed by atoms with Gasteiger partial charge in [-0.3, -0.25) is 0 Å². The van der Waals surface area contributed by atoms with Crippen LogP contribution in [0.5, 0.6) is 0 Å². The Kier molecular flexibility index (Phi) is 6.22. The Labute approximate surface area is 186 Å². The first kappa shape index (κ1) is 21.2. The van der Waals surface area contributed by atoms with Crippen LogP contribution in [0, 0.1) is 0 Å². The van der Waals surface area contributed by atoms with Gasteiger partial charge in [-0.1, -0.05) is 54.6 Å². The number of benzene rings is 2. The molecule has 0 spiro atoms. The first-order valence-electron chi connectivity index (χ1n) is 10.1. The van der Waals surface area contributed by atoms with E-state index < -0.39 is 17.9 Å². The molecule has 0 saturated heterocycles. The number of nitrogens with zero attached hydrogens (tertiary/aromatic N) is 1. The third-order valence-corrected chi connectivity index (χ3v) is 5.33. The molecular formula is C26H23NO5. The van der Waals surface area contributed by atoms with Gasteiger partial charge in [0.1, 0.15) is 5.76 Å². The predicted octanol–water partition coefficient (Wildman–Crippen LogP) is 4.66. The van der Waals surface area contributed by atoms with E-state index in [1.54, 1.807) is 18.7 Å². The standard InChI is InChI=1S/C26H23NO5/c1-30-25(28)21-16-27(15-18-7-4-3-5-8-18)17-22(26(29)31-2)24(21)20-12-10-19(11-13-20)23-9-6-14-32-23/h3-14,16-17,24H,15H2,1-2H3. The van der Waals surface area contributed by atoms with E-state index in [9.17, 15) is 9.59 Å². The zero-order valence-corrected chi connectivity index (χ0v) is 17.9. The maximum atomic E-state index is 12.7. The second-order valence-corrected chi connectivity index (χ2v) is 7.34. The number of carbonyl (C=O) groups is 2. The molecule has 2 aromatic carbocycles. The average Bonchev–Trinajstić information content (AvgIpc) is 3.38. The first-order valence-corrected chi connectivity index (χ1v) is 10.1. The molecule has 3 aromatic rings. The average molecular weight is 429 g/mol. The van der Waals surface area contributed by atoms with Crippen molar-refractivity contribution in [2.45, 2.75) is 12.5 Å². The summed E-state index contributed by atoms with van der Waals surface area (Å²) in [5.41, 5.74) is 3.42. The van der Waals surface area contributed by atoms with Crippen molar-refractivity contribution in [2.24, 2.45) is 0 Å². The lowest BCUT2D eigenvalue weighted by Crippen LogP contribution is -2.28. The Hall–Kier alpha value is -4.06. The van der Waals surface area contributed by atoms with Crippen LogP contribution in [-0.4, -0.2) is 31.1 Å². The molecule has 1 aliphatic heterocycles. The summed E-state index contributed by atoms with van der Waals surface area (Å²) < 4.78 is 15.6. The van der Waals surface area contributed by atoms with E-state index in [-0.39, 0.29) is 0 Å². The Balaban J connectivity index is 1.74. The van der Waals surface area contributed by atoms with Gasteiger partial charge in [0.2, 0.25) is 0 Å². The molecule has 0 unspecified atom stereocenters. The number of hydrogen-bond donors (Lipinski definition) is 0. The van der Waals surface area contributed by atoms with Crippen molar-refractivity contribution in [1.82, 2.24) is 4.90 Å². The number of methoxy groups -OCH3 is 2. The maximum Gasteiger partial charge on any atom is 0.336 e. The highest BCUT2D eigenvalue weighted by molar-refractivity contribution is 5.98. The largest absolute Gasteiger partial charge is 0.466 e. The van der Waals surface area contributed by atoms with Gasteiger partial charge in [0.25, 0.3) is 0 Å². The minimum absolute atomic E-state index is 0.358. The van der Waals surface area contributed by atoms with E-state index in [2.05, 4.69) is 0 Å². The molecule has 0 radical (unpaired) electrons. The summed E-state index contributed by atoms with van der Waals surface area (Å²) in [5, 5.41) is 0. The normalized spacial score (nSPS) is 13.9. The zero-order valence-electron chi connectivity index (χ0n) is 17.9. The lowest BCUT2D eigenvalue weighted by atomic mass is 9.83. The summed E-state index contributed by atoms with van der Waals surface area (Å²) in [6.45, 7) is 0.492. The molecule has 1 aliphatic rings. The van der Waals surface area contributed by atoms with Gasteiger partial charge in [-0.2, -0.15) is 0 Å². The van der Waals surface area contributed by atoms with E-state index in [4.69, 9.17) is 13.9 Å². The Morgan fingerprint density at radius 1 is 0.844 bits per heavy atom. The molecule has 6 heteroatoms. The van der Waals surface area contributed by atoms with Crippen LogP contribution in [0.15, 0.2) is 101 Å². The molecular weight excluding hydrogens is 406 g/mol. The third kappa shape index (κ3) is 4.34. The lowest BCUT2D eigenvalue weighted by Gasteiger charge is -2.30. The van der Waals surface area contributed by atoms with Crippen LogP contribution in [0.1, 0.15) is 17.0 Å². The molecule has 2 heterocycles. The van der Waals surface area contributed by atoms with Crippen molar-refractivity contribution in [3.63, 3.8) is 0 Å². The maximum absolute atomic E-state index is 12.7. The fraction of sp³-hybridized carbons (Fsp3) is 0.154. The van der Waals surface area contributed by atoms with Crippen molar-refractivity contribution in [1.29, 1.82) is 0 Å². The molecule has 6 nitrogen and oxygen atoms in total. The SMILES string of the molecule is COC(=O)C1=CN(Cc2ccccc2)C=C(C(=O)OC)C1c1ccc(-c2ccco2)cc1. The van der Waals surface area contributed by atoms with Crippen molar-refractivity contribution < 1.29 is 23.5 Å². The summed E-state index contributed by atoms with van der Waals surface area (Å²) in [6, 6.07) is 21.0. The monoisotopic (exact) mass is 429 g/mol. The van der Waals surface area contributed by atoms with Gasteiger partial charge in [-0.25, -0.2) is 9.59 Å². The molecule has 0 bridgehead atoms. The molecule has 0 atom stereocenters. The molecule has 32 heavy (non-hydrogen) atoms. The minimum Gasteiger partial charge on any atom is -0.466 e. The number of carbonyl (C=O) groups excluding carboxylic acids is 2. The molecule has 4 rings (SSSR count). The van der Waals surface area contributed by atoms with Gasteiger partial charge in [0.05, 0.1) is 37.5 Å². The molecule has 0 aliphatic carbocycles. The minimum atomic E-state index is -0.618. The summed E-state index contributed by atoms with van der Waals surface area (Å²) in [4.78, 5) is 27.3. The van der Waals surface area contributed by atoms with Crippen molar-refractivity contribution in [3.8, 4) is 11.3 Å². The highest BCUT2D eigenvalue weighted by Gasteiger charge is 2.35. The second-order valence-electron chi connectivity index (χ2n) is 7.34. The van der Waals surface area contributed by atoms with Crippen molar-refractivity contribution in [3.05, 3.63) is 108 Å². The molecule has 0 fully saturated rings. The second kappa shape index (κ2) is 9.39. The molecule has 0 N–H and O–H groups in total. The molecule has 0 saturated carbocycles. The van der Waals surface area contributed by atoms with Crippen LogP contribution in [0.4, 0.5) is 0 Å². The van der Waals surface area contributed by atoms with Crippen LogP contribution in [-0.2, 0) is 25.6 Å². The fourth-order valence-corrected chi connectivity index (χ4v) is 3.82. The molecule has 162 valence electrons.